The summed E-state index contributed by atoms with van der Waals surface area (Å²) < 4.78 is 5.08. The molecule has 4 nitrogen and oxygen atoms in total. The number of para-hydroxylation sites is 8. The number of fused-ring (bicyclic) bond motifs is 35. The number of nitrogens with zero attached hydrogens (tertiary/aromatic N) is 4. The fraction of sp³-hybridized carbons (Fsp3) is 0.0207. The second-order valence-electron chi connectivity index (χ2n) is 41.0. The minimum atomic E-state index is -0.624. The van der Waals surface area contributed by atoms with Gasteiger partial charge in [-0.3, -0.25) is 0 Å². The molecule has 6 aliphatic rings. The van der Waals surface area contributed by atoms with Crippen LogP contribution < -0.4 is 9.80 Å². The van der Waals surface area contributed by atoms with Crippen molar-refractivity contribution in [1.82, 2.24) is 9.13 Å². The van der Waals surface area contributed by atoms with E-state index in [1.165, 1.54) is 172 Å². The van der Waals surface area contributed by atoms with Gasteiger partial charge in [-0.25, -0.2) is 0 Å². The number of hydrogen-bond acceptors (Lipinski definition) is 2. The second kappa shape index (κ2) is 31.9. The largest absolute Gasteiger partial charge is 0.310 e. The average molecular weight is 1890 g/mol. The minimum absolute atomic E-state index is 0.582. The fourth-order valence-electron chi connectivity index (χ4n) is 28.0. The van der Waals surface area contributed by atoms with E-state index < -0.39 is 16.2 Å². The van der Waals surface area contributed by atoms with Gasteiger partial charge in [-0.2, -0.15) is 0 Å². The van der Waals surface area contributed by atoms with Crippen molar-refractivity contribution in [3.05, 3.63) is 613 Å². The molecule has 2 aromatic heterocycles. The van der Waals surface area contributed by atoms with Gasteiger partial charge in [0.25, 0.3) is 0 Å². The summed E-state index contributed by atoms with van der Waals surface area (Å²) in [6, 6.07) is 207. The van der Waals surface area contributed by atoms with E-state index in [4.69, 9.17) is 0 Å². The molecule has 0 bridgehead atoms. The maximum Gasteiger partial charge on any atom is 0.0754 e. The zero-order chi connectivity index (χ0) is 97.5. The van der Waals surface area contributed by atoms with Gasteiger partial charge in [0, 0.05) is 55.1 Å². The molecule has 0 amide bonds. The Morgan fingerprint density at radius 3 is 0.899 bits per heavy atom. The topological polar surface area (TPSA) is 16.3 Å². The van der Waals surface area contributed by atoms with Crippen LogP contribution in [0.5, 0.6) is 0 Å². The first kappa shape index (κ1) is 83.2. The normalized spacial score (nSPS) is 14.8. The van der Waals surface area contributed by atoms with Crippen LogP contribution in [0.3, 0.4) is 0 Å². The molecule has 2 unspecified atom stereocenters. The maximum atomic E-state index is 2.56. The highest BCUT2D eigenvalue weighted by molar-refractivity contribution is 6.16. The van der Waals surface area contributed by atoms with E-state index in [0.29, 0.717) is 0 Å². The number of anilines is 6. The second-order valence-corrected chi connectivity index (χ2v) is 41.0. The van der Waals surface area contributed by atoms with Crippen molar-refractivity contribution in [2.75, 3.05) is 9.80 Å². The summed E-state index contributed by atoms with van der Waals surface area (Å²) in [5.74, 6) is 0. The molecule has 4 heterocycles. The quantitative estimate of drug-likeness (QED) is 0.114. The first-order chi connectivity index (χ1) is 73.9. The van der Waals surface area contributed by atoms with Crippen molar-refractivity contribution < 1.29 is 0 Å². The number of benzene rings is 24. The summed E-state index contributed by atoms with van der Waals surface area (Å²) in [7, 11) is 0. The SMILES string of the molecule is c1ccc(-c2cccc(-c3ccccc3N(c3cccc(-c4ccc5c(c4)C4(c6ccccc6-5)c5ccccc5-n5c6ccccc6c6cccc4c65)c3)c3ccc(-c4cccc(-c5cccc(-c6ccccc6N(c6cccc(-c7ccc8c(c7)C7(c9ccccc9-8)c8ccccc8-n8c9ccccc9c9cccc7c98)c6)c6ccc7c(c6)C6(c8ccccc8-c8ccccc86)c6ccccc6-7)c5)c4)c4ccccc34)c2)cc1. The average Bonchev–Trinajstić information content (AvgIpc) is 1.51. The summed E-state index contributed by atoms with van der Waals surface area (Å²) in [6.45, 7) is 0. The van der Waals surface area contributed by atoms with E-state index in [1.807, 2.05) is 0 Å². The molecule has 0 N–H and O–H groups in total. The molecular formula is C145H90N4. The van der Waals surface area contributed by atoms with Gasteiger partial charge < -0.3 is 18.9 Å². The smallest absolute Gasteiger partial charge is 0.0754 e. The molecule has 2 aliphatic heterocycles. The Kier molecular flexibility index (Phi) is 17.8. The highest BCUT2D eigenvalue weighted by Crippen LogP contribution is 2.68. The van der Waals surface area contributed by atoms with Crippen molar-refractivity contribution in [3.63, 3.8) is 0 Å². The Labute approximate surface area is 863 Å². The van der Waals surface area contributed by atoms with Gasteiger partial charge in [0.2, 0.25) is 0 Å². The third-order valence-corrected chi connectivity index (χ3v) is 33.9. The van der Waals surface area contributed by atoms with Gasteiger partial charge in [-0.05, 0) is 293 Å². The van der Waals surface area contributed by atoms with Crippen molar-refractivity contribution in [2.24, 2.45) is 0 Å². The Balaban J connectivity index is 0.535. The van der Waals surface area contributed by atoms with E-state index in [1.54, 1.807) is 0 Å². The lowest BCUT2D eigenvalue weighted by atomic mass is 9.65. The van der Waals surface area contributed by atoms with E-state index in [-0.39, 0.29) is 0 Å². The molecule has 149 heavy (non-hydrogen) atoms. The third-order valence-electron chi connectivity index (χ3n) is 33.9. The molecule has 4 aliphatic carbocycles. The van der Waals surface area contributed by atoms with Crippen LogP contribution in [0.1, 0.15) is 66.8 Å². The molecule has 3 spiro atoms. The minimum Gasteiger partial charge on any atom is -0.310 e. The Morgan fingerprint density at radius 1 is 0.134 bits per heavy atom. The van der Waals surface area contributed by atoms with Crippen LogP contribution in [0.2, 0.25) is 0 Å². The summed E-state index contributed by atoms with van der Waals surface area (Å²) in [5.41, 5.74) is 53.5. The van der Waals surface area contributed by atoms with Gasteiger partial charge in [0.1, 0.15) is 0 Å². The Morgan fingerprint density at radius 2 is 0.423 bits per heavy atom. The third kappa shape index (κ3) is 11.6. The van der Waals surface area contributed by atoms with Crippen LogP contribution in [-0.2, 0) is 16.2 Å². The molecule has 32 rings (SSSR count). The van der Waals surface area contributed by atoms with Crippen molar-refractivity contribution >= 4 is 88.5 Å². The zero-order valence-corrected chi connectivity index (χ0v) is 81.3. The molecule has 0 saturated carbocycles. The van der Waals surface area contributed by atoms with E-state index in [2.05, 4.69) is 565 Å². The highest BCUT2D eigenvalue weighted by Gasteiger charge is 2.55. The molecule has 0 radical (unpaired) electrons. The fourth-order valence-corrected chi connectivity index (χ4v) is 28.0. The van der Waals surface area contributed by atoms with Crippen LogP contribution >= 0.6 is 0 Å². The van der Waals surface area contributed by atoms with Gasteiger partial charge >= 0.3 is 0 Å². The van der Waals surface area contributed by atoms with Crippen LogP contribution in [0.25, 0.3) is 188 Å². The molecule has 2 atom stereocenters. The molecule has 4 heteroatoms. The molecular weight excluding hydrogens is 1800 g/mol. The van der Waals surface area contributed by atoms with Gasteiger partial charge in [-0.15, -0.1) is 0 Å². The summed E-state index contributed by atoms with van der Waals surface area (Å²) >= 11 is 0. The number of aromatic nitrogens is 2. The summed E-state index contributed by atoms with van der Waals surface area (Å²) in [6.07, 6.45) is 0. The van der Waals surface area contributed by atoms with Crippen molar-refractivity contribution in [2.45, 2.75) is 16.2 Å². The number of hydrogen-bond donors (Lipinski definition) is 0. The molecule has 26 aromatic rings. The monoisotopic (exact) mass is 1890 g/mol. The van der Waals surface area contributed by atoms with Crippen molar-refractivity contribution in [3.8, 4) is 134 Å². The lowest BCUT2D eigenvalue weighted by molar-refractivity contribution is 0.749. The van der Waals surface area contributed by atoms with E-state index >= 15 is 0 Å². The van der Waals surface area contributed by atoms with E-state index in [9.17, 15) is 0 Å². The maximum absolute atomic E-state index is 2.56. The number of rotatable bonds is 13. The molecule has 0 saturated heterocycles. The van der Waals surface area contributed by atoms with Gasteiger partial charge in [-0.1, -0.05) is 437 Å². The Bertz CT molecular complexity index is 10200. The molecule has 0 fully saturated rings. The first-order valence-electron chi connectivity index (χ1n) is 52.0. The van der Waals surface area contributed by atoms with E-state index in [0.717, 1.165) is 117 Å². The lowest BCUT2D eigenvalue weighted by Gasteiger charge is -2.39. The molecule has 690 valence electrons. The zero-order valence-electron chi connectivity index (χ0n) is 81.3. The van der Waals surface area contributed by atoms with Crippen LogP contribution in [0.15, 0.2) is 546 Å². The highest BCUT2D eigenvalue weighted by atomic mass is 15.2. The first-order valence-corrected chi connectivity index (χ1v) is 52.0. The predicted octanol–water partition coefficient (Wildman–Crippen LogP) is 37.3. The predicted molar refractivity (Wildman–Crippen MR) is 618 cm³/mol. The molecule has 24 aromatic carbocycles. The van der Waals surface area contributed by atoms with Gasteiger partial charge in [0.15, 0.2) is 0 Å². The van der Waals surface area contributed by atoms with Crippen LogP contribution in [0.4, 0.5) is 34.1 Å². The standard InChI is InChI=1S/C145H90N4/c1-2-35-91(36-3-1)92-37-28-43-100(83-92)107-48-12-23-70-135(107)147(103-46-32-41-96(87-103)98-76-79-115-112-53-10-19-64-126(112)145(132(115)89-98)128-66-21-27-74-140(128)149-137-72-25-14-57-119(137)121-59-34-68-130(145)142(121)149)138-82-81-105(108-49-4-5-55-117(108)138)99-42-29-38-93(84-99)94-39-30-44-101(85-94)106-47-11-22-69-134(106)146(104-77-80-116-113-54-8-17-62-124(113)143(133(116)90-104)122-60-15-6-50-109(122)110-51-7-16-61-123(110)143)102-45-31-40-95(86-102)97-75-78-114-111-52-9-18-63-125(111)144(131(114)88-97)127-65-20-26-73-139(127)148-136-71-24-13-56-118(136)120-58-33-67-129(144)141(120)148/h1-90H. The van der Waals surface area contributed by atoms with Crippen molar-refractivity contribution in [1.29, 1.82) is 0 Å². The van der Waals surface area contributed by atoms with Crippen LogP contribution in [0, 0.1) is 0 Å². The summed E-state index contributed by atoms with van der Waals surface area (Å²) in [5, 5.41) is 7.34. The van der Waals surface area contributed by atoms with Gasteiger partial charge in [0.05, 0.1) is 66.7 Å². The summed E-state index contributed by atoms with van der Waals surface area (Å²) in [4.78, 5) is 5.09. The van der Waals surface area contributed by atoms with Crippen LogP contribution in [-0.4, -0.2) is 9.13 Å². The Hall–Kier alpha value is -19.3. The lowest BCUT2D eigenvalue weighted by Crippen LogP contribution is -2.33.